The van der Waals surface area contributed by atoms with E-state index in [1.807, 2.05) is 19.9 Å². The summed E-state index contributed by atoms with van der Waals surface area (Å²) in [5.74, 6) is -4.51. The van der Waals surface area contributed by atoms with Gasteiger partial charge >= 0.3 is 0 Å². The zero-order valence-corrected chi connectivity index (χ0v) is 18.1. The van der Waals surface area contributed by atoms with E-state index in [0.717, 1.165) is 36.1 Å². The van der Waals surface area contributed by atoms with Crippen LogP contribution in [0.4, 0.5) is 8.78 Å². The molecular formula is C23H31F2NO5. The van der Waals surface area contributed by atoms with Gasteiger partial charge in [0.1, 0.15) is 11.5 Å². The number of rotatable bonds is 11. The second-order valence-corrected chi connectivity index (χ2v) is 8.38. The van der Waals surface area contributed by atoms with Crippen molar-refractivity contribution in [2.45, 2.75) is 70.6 Å². The molecule has 0 aliphatic heterocycles. The largest absolute Gasteiger partial charge is 0.508 e. The summed E-state index contributed by atoms with van der Waals surface area (Å²) in [6.07, 6.45) is 4.69. The van der Waals surface area contributed by atoms with E-state index in [1.54, 1.807) is 0 Å². The molecule has 0 fully saturated rings. The summed E-state index contributed by atoms with van der Waals surface area (Å²) in [4.78, 5) is 14.3. The summed E-state index contributed by atoms with van der Waals surface area (Å²) >= 11 is 0. The highest BCUT2D eigenvalue weighted by atomic mass is 19.3. The lowest BCUT2D eigenvalue weighted by molar-refractivity contribution is -0.757. The number of allylic oxidation sites excluding steroid dienone is 3. The molecule has 0 spiro atoms. The Bertz CT molecular complexity index is 838. The Kier molecular flexibility index (Phi) is 8.42. The molecule has 0 bridgehead atoms. The van der Waals surface area contributed by atoms with Gasteiger partial charge in [-0.25, -0.2) is 8.78 Å². The molecule has 6 nitrogen and oxygen atoms in total. The Balaban J connectivity index is 2.22. The number of halogens is 2. The van der Waals surface area contributed by atoms with Crippen molar-refractivity contribution < 1.29 is 28.9 Å². The molecule has 1 aliphatic carbocycles. The topological polar surface area (TPSA) is 92.8 Å². The Labute approximate surface area is 181 Å². The van der Waals surface area contributed by atoms with E-state index in [4.69, 9.17) is 0 Å². The van der Waals surface area contributed by atoms with Crippen LogP contribution < -0.4 is 0 Å². The van der Waals surface area contributed by atoms with Gasteiger partial charge in [0.05, 0.1) is 6.61 Å². The normalized spacial score (nSPS) is 19.0. The number of alkyl halides is 2. The average Bonchev–Trinajstić information content (AvgIpc) is 2.66. The highest BCUT2D eigenvalue weighted by molar-refractivity contribution is 5.52. The maximum absolute atomic E-state index is 15.3. The number of hydrogen-bond donors (Lipinski definition) is 2. The minimum absolute atomic E-state index is 0.0520. The lowest BCUT2D eigenvalue weighted by Crippen LogP contribution is -2.23. The number of phenols is 2. The molecule has 0 saturated carbocycles. The van der Waals surface area contributed by atoms with Crippen LogP contribution in [0.1, 0.15) is 75.8 Å². The number of unbranched alkanes of at least 4 members (excludes halogenated alkanes) is 3. The summed E-state index contributed by atoms with van der Waals surface area (Å²) in [5, 5.41) is 29.7. The summed E-state index contributed by atoms with van der Waals surface area (Å²) in [5.41, 5.74) is 1.73. The molecule has 1 aliphatic rings. The molecule has 0 aromatic heterocycles. The monoisotopic (exact) mass is 439 g/mol. The Morgan fingerprint density at radius 3 is 2.61 bits per heavy atom. The van der Waals surface area contributed by atoms with Crippen molar-refractivity contribution in [2.24, 2.45) is 5.92 Å². The van der Waals surface area contributed by atoms with Gasteiger partial charge in [-0.3, -0.25) is 0 Å². The van der Waals surface area contributed by atoms with E-state index in [-0.39, 0.29) is 35.8 Å². The molecule has 2 rings (SSSR count). The van der Waals surface area contributed by atoms with Gasteiger partial charge < -0.3 is 15.1 Å². The van der Waals surface area contributed by atoms with Crippen molar-refractivity contribution in [1.29, 1.82) is 0 Å². The van der Waals surface area contributed by atoms with E-state index in [9.17, 15) is 20.3 Å². The van der Waals surface area contributed by atoms with Gasteiger partial charge in [0.15, 0.2) is 0 Å². The number of benzene rings is 1. The third-order valence-electron chi connectivity index (χ3n) is 5.83. The fourth-order valence-corrected chi connectivity index (χ4v) is 4.26. The molecule has 1 aromatic carbocycles. The molecule has 0 radical (unpaired) electrons. The van der Waals surface area contributed by atoms with Crippen LogP contribution in [0.25, 0.3) is 0 Å². The lowest BCUT2D eigenvalue weighted by Gasteiger charge is -2.33. The van der Waals surface area contributed by atoms with Gasteiger partial charge in [-0.15, -0.1) is 10.1 Å². The second-order valence-electron chi connectivity index (χ2n) is 8.38. The zero-order valence-electron chi connectivity index (χ0n) is 18.1. The van der Waals surface area contributed by atoms with E-state index >= 15 is 8.78 Å². The SMILES string of the molecule is C=C(C)[C@H]1CCC(C)=C[C@@H]1c1c(O)cc(O)cc1C(F)(F)CCCCCCO[N+](=O)[O-]. The van der Waals surface area contributed by atoms with Crippen LogP contribution in [0.15, 0.2) is 35.9 Å². The highest BCUT2D eigenvalue weighted by Crippen LogP contribution is 2.49. The Morgan fingerprint density at radius 1 is 1.29 bits per heavy atom. The first-order valence-corrected chi connectivity index (χ1v) is 10.6. The quantitative estimate of drug-likeness (QED) is 0.181. The fourth-order valence-electron chi connectivity index (χ4n) is 4.26. The first-order valence-electron chi connectivity index (χ1n) is 10.6. The number of nitrogens with zero attached hydrogens (tertiary/aromatic N) is 1. The maximum atomic E-state index is 15.3. The van der Waals surface area contributed by atoms with Crippen LogP contribution in [0.5, 0.6) is 11.5 Å². The summed E-state index contributed by atoms with van der Waals surface area (Å²) in [7, 11) is 0. The van der Waals surface area contributed by atoms with E-state index in [2.05, 4.69) is 11.4 Å². The van der Waals surface area contributed by atoms with Crippen molar-refractivity contribution in [2.75, 3.05) is 6.61 Å². The predicted molar refractivity (Wildman–Crippen MR) is 114 cm³/mol. The van der Waals surface area contributed by atoms with E-state index < -0.39 is 29.1 Å². The molecule has 0 amide bonds. The third-order valence-corrected chi connectivity index (χ3v) is 5.83. The molecule has 1 aromatic rings. The standard InChI is InChI=1S/C23H31F2NO5/c1-15(2)18-9-8-16(3)12-19(18)22-20(13-17(27)14-21(22)28)23(24,25)10-6-4-5-7-11-31-26(29)30/h12-14,18-19,27-28H,1,4-11H2,2-3H3/t18-,19+/m1/s1. The molecular weight excluding hydrogens is 408 g/mol. The molecule has 0 heterocycles. The first-order chi connectivity index (χ1) is 14.5. The van der Waals surface area contributed by atoms with Crippen LogP contribution in [0.2, 0.25) is 0 Å². The summed E-state index contributed by atoms with van der Waals surface area (Å²) in [6.45, 7) is 7.77. The van der Waals surface area contributed by atoms with Gasteiger partial charge in [0.2, 0.25) is 0 Å². The van der Waals surface area contributed by atoms with Gasteiger partial charge in [-0.1, -0.05) is 36.6 Å². The van der Waals surface area contributed by atoms with Gasteiger partial charge in [-0.05, 0) is 51.5 Å². The van der Waals surface area contributed by atoms with Crippen LogP contribution in [0.3, 0.4) is 0 Å². The second kappa shape index (κ2) is 10.6. The summed E-state index contributed by atoms with van der Waals surface area (Å²) in [6, 6.07) is 2.16. The van der Waals surface area contributed by atoms with Gasteiger partial charge in [0.25, 0.3) is 11.0 Å². The minimum atomic E-state index is -3.25. The Morgan fingerprint density at radius 2 is 1.97 bits per heavy atom. The average molecular weight is 439 g/mol. The lowest BCUT2D eigenvalue weighted by atomic mass is 9.72. The maximum Gasteiger partial charge on any atom is 0.294 e. The van der Waals surface area contributed by atoms with Crippen molar-refractivity contribution >= 4 is 0 Å². The van der Waals surface area contributed by atoms with Crippen molar-refractivity contribution in [3.8, 4) is 11.5 Å². The predicted octanol–water partition coefficient (Wildman–Crippen LogP) is 6.36. The van der Waals surface area contributed by atoms with E-state index in [0.29, 0.717) is 19.3 Å². The van der Waals surface area contributed by atoms with Crippen molar-refractivity contribution in [3.05, 3.63) is 57.2 Å². The smallest absolute Gasteiger partial charge is 0.294 e. The molecule has 172 valence electrons. The summed E-state index contributed by atoms with van der Waals surface area (Å²) < 4.78 is 30.5. The van der Waals surface area contributed by atoms with Crippen LogP contribution in [0, 0.1) is 16.0 Å². The fraction of sp³-hybridized carbons (Fsp3) is 0.565. The zero-order chi connectivity index (χ0) is 23.2. The molecule has 2 atom stereocenters. The molecule has 31 heavy (non-hydrogen) atoms. The minimum Gasteiger partial charge on any atom is -0.508 e. The number of phenolic OH excluding ortho intramolecular Hbond substituents is 2. The van der Waals surface area contributed by atoms with Gasteiger partial charge in [0, 0.05) is 29.5 Å². The third kappa shape index (κ3) is 6.67. The Hall–Kier alpha value is -2.64. The first kappa shape index (κ1) is 24.6. The van der Waals surface area contributed by atoms with Crippen LogP contribution in [-0.4, -0.2) is 21.9 Å². The van der Waals surface area contributed by atoms with Crippen LogP contribution in [-0.2, 0) is 10.8 Å². The highest BCUT2D eigenvalue weighted by Gasteiger charge is 2.39. The molecule has 2 N–H and O–H groups in total. The number of aromatic hydroxyl groups is 2. The van der Waals surface area contributed by atoms with Crippen molar-refractivity contribution in [1.82, 2.24) is 0 Å². The number of hydrogen-bond acceptors (Lipinski definition) is 5. The molecule has 0 unspecified atom stereocenters. The molecule has 0 saturated heterocycles. The van der Waals surface area contributed by atoms with E-state index in [1.165, 1.54) is 0 Å². The van der Waals surface area contributed by atoms with Crippen LogP contribution >= 0.6 is 0 Å². The van der Waals surface area contributed by atoms with Crippen molar-refractivity contribution in [3.63, 3.8) is 0 Å². The molecule has 8 heteroatoms. The van der Waals surface area contributed by atoms with Gasteiger partial charge in [-0.2, -0.15) is 0 Å².